The van der Waals surface area contributed by atoms with E-state index in [-0.39, 0.29) is 0 Å². The van der Waals surface area contributed by atoms with Crippen LogP contribution in [0.2, 0.25) is 0 Å². The monoisotopic (exact) mass is 123 g/mol. The molecule has 9 heavy (non-hydrogen) atoms. The Morgan fingerprint density at radius 2 is 2.11 bits per heavy atom. The third kappa shape index (κ3) is 0.988. The molecule has 0 saturated heterocycles. The number of nitrogen functional groups attached to an aromatic ring is 1. The van der Waals surface area contributed by atoms with Gasteiger partial charge in [-0.15, -0.1) is 5.10 Å². The summed E-state index contributed by atoms with van der Waals surface area (Å²) in [5.74, 6) is 0.523. The Kier molecular flexibility index (Phi) is 1.34. The van der Waals surface area contributed by atoms with Gasteiger partial charge in [0.1, 0.15) is 5.82 Å². The summed E-state index contributed by atoms with van der Waals surface area (Å²) >= 11 is 0. The third-order valence-corrected chi connectivity index (χ3v) is 1.39. The van der Waals surface area contributed by atoms with Crippen molar-refractivity contribution in [1.82, 2.24) is 10.2 Å². The van der Waals surface area contributed by atoms with Crippen molar-refractivity contribution >= 4 is 5.82 Å². The average molecular weight is 123 g/mol. The van der Waals surface area contributed by atoms with Gasteiger partial charge in [0.2, 0.25) is 0 Å². The van der Waals surface area contributed by atoms with E-state index in [1.807, 2.05) is 13.8 Å². The van der Waals surface area contributed by atoms with Crippen molar-refractivity contribution < 1.29 is 0 Å². The first-order chi connectivity index (χ1) is 4.22. The SMILES string of the molecule is Cc1cnnc(N)c1C. The van der Waals surface area contributed by atoms with Gasteiger partial charge in [-0.2, -0.15) is 5.10 Å². The topological polar surface area (TPSA) is 51.8 Å². The molecule has 3 heteroatoms. The Labute approximate surface area is 53.9 Å². The van der Waals surface area contributed by atoms with Crippen molar-refractivity contribution in [3.63, 3.8) is 0 Å². The van der Waals surface area contributed by atoms with Gasteiger partial charge in [0.15, 0.2) is 0 Å². The van der Waals surface area contributed by atoms with Crippen LogP contribution in [0.4, 0.5) is 5.82 Å². The van der Waals surface area contributed by atoms with Crippen molar-refractivity contribution in [2.45, 2.75) is 13.8 Å². The molecule has 0 aliphatic rings. The summed E-state index contributed by atoms with van der Waals surface area (Å²) < 4.78 is 0. The maximum Gasteiger partial charge on any atom is 0.149 e. The fraction of sp³-hybridized carbons (Fsp3) is 0.333. The summed E-state index contributed by atoms with van der Waals surface area (Å²) in [5.41, 5.74) is 7.55. The molecule has 3 nitrogen and oxygen atoms in total. The van der Waals surface area contributed by atoms with Crippen LogP contribution in [0.5, 0.6) is 0 Å². The van der Waals surface area contributed by atoms with Crippen LogP contribution in [-0.2, 0) is 0 Å². The molecule has 1 heterocycles. The van der Waals surface area contributed by atoms with Crippen LogP contribution in [-0.4, -0.2) is 10.2 Å². The maximum absolute atomic E-state index is 5.45. The number of aryl methyl sites for hydroxylation is 1. The Morgan fingerprint density at radius 3 is 2.56 bits per heavy atom. The second-order valence-electron chi connectivity index (χ2n) is 2.04. The highest BCUT2D eigenvalue weighted by Gasteiger charge is 1.95. The summed E-state index contributed by atoms with van der Waals surface area (Å²) in [6.45, 7) is 3.89. The number of anilines is 1. The molecule has 0 spiro atoms. The van der Waals surface area contributed by atoms with E-state index in [1.54, 1.807) is 6.20 Å². The summed E-state index contributed by atoms with van der Waals surface area (Å²) in [7, 11) is 0. The second kappa shape index (κ2) is 2.01. The van der Waals surface area contributed by atoms with Crippen LogP contribution < -0.4 is 5.73 Å². The molecule has 0 saturated carbocycles. The van der Waals surface area contributed by atoms with E-state index in [4.69, 9.17) is 5.73 Å². The molecule has 0 bridgehead atoms. The van der Waals surface area contributed by atoms with Gasteiger partial charge < -0.3 is 5.73 Å². The zero-order valence-corrected chi connectivity index (χ0v) is 5.55. The van der Waals surface area contributed by atoms with Gasteiger partial charge in [-0.3, -0.25) is 0 Å². The lowest BCUT2D eigenvalue weighted by molar-refractivity contribution is 1.01. The molecule has 0 radical (unpaired) electrons. The molecule has 1 aromatic rings. The highest BCUT2D eigenvalue weighted by atomic mass is 15.1. The van der Waals surface area contributed by atoms with Crippen molar-refractivity contribution in [3.8, 4) is 0 Å². The van der Waals surface area contributed by atoms with Crippen LogP contribution in [0.15, 0.2) is 6.20 Å². The van der Waals surface area contributed by atoms with E-state index in [0.717, 1.165) is 11.1 Å². The quantitative estimate of drug-likeness (QED) is 0.551. The zero-order chi connectivity index (χ0) is 6.85. The average Bonchev–Trinajstić information content (AvgIpc) is 1.83. The molecular weight excluding hydrogens is 114 g/mol. The molecule has 0 aliphatic carbocycles. The smallest absolute Gasteiger partial charge is 0.149 e. The molecule has 0 aromatic carbocycles. The second-order valence-corrected chi connectivity index (χ2v) is 2.04. The number of nitrogens with zero attached hydrogens (tertiary/aromatic N) is 2. The Balaban J connectivity index is 3.25. The van der Waals surface area contributed by atoms with Gasteiger partial charge in [-0.25, -0.2) is 0 Å². The first-order valence-electron chi connectivity index (χ1n) is 2.76. The number of hydrogen-bond donors (Lipinski definition) is 1. The lowest BCUT2D eigenvalue weighted by Gasteiger charge is -1.98. The Bertz CT molecular complexity index is 199. The zero-order valence-electron chi connectivity index (χ0n) is 5.55. The van der Waals surface area contributed by atoms with Gasteiger partial charge in [0, 0.05) is 0 Å². The van der Waals surface area contributed by atoms with Crippen molar-refractivity contribution in [2.24, 2.45) is 0 Å². The summed E-state index contributed by atoms with van der Waals surface area (Å²) in [6, 6.07) is 0. The normalized spacial score (nSPS) is 9.56. The standard InChI is InChI=1S/C6H9N3/c1-4-3-8-9-6(7)5(4)2/h3H,1-2H3,(H2,7,9). The number of hydrogen-bond acceptors (Lipinski definition) is 3. The van der Waals surface area contributed by atoms with E-state index in [9.17, 15) is 0 Å². The first-order valence-corrected chi connectivity index (χ1v) is 2.76. The van der Waals surface area contributed by atoms with Crippen LogP contribution >= 0.6 is 0 Å². The Hall–Kier alpha value is -1.12. The van der Waals surface area contributed by atoms with Gasteiger partial charge >= 0.3 is 0 Å². The fourth-order valence-electron chi connectivity index (χ4n) is 0.552. The lowest BCUT2D eigenvalue weighted by Crippen LogP contribution is -1.97. The number of rotatable bonds is 0. The minimum absolute atomic E-state index is 0.523. The predicted octanol–water partition coefficient (Wildman–Crippen LogP) is 0.676. The van der Waals surface area contributed by atoms with Gasteiger partial charge in [0.25, 0.3) is 0 Å². The molecule has 0 atom stereocenters. The molecule has 0 unspecified atom stereocenters. The molecule has 1 aromatic heterocycles. The van der Waals surface area contributed by atoms with E-state index >= 15 is 0 Å². The molecule has 0 aliphatic heterocycles. The largest absolute Gasteiger partial charge is 0.382 e. The van der Waals surface area contributed by atoms with Crippen LogP contribution in [0.25, 0.3) is 0 Å². The van der Waals surface area contributed by atoms with Gasteiger partial charge in [-0.05, 0) is 25.0 Å². The minimum Gasteiger partial charge on any atom is -0.382 e. The van der Waals surface area contributed by atoms with Crippen molar-refractivity contribution in [2.75, 3.05) is 5.73 Å². The summed E-state index contributed by atoms with van der Waals surface area (Å²) in [5, 5.41) is 7.34. The van der Waals surface area contributed by atoms with E-state index < -0.39 is 0 Å². The fourth-order valence-corrected chi connectivity index (χ4v) is 0.552. The molecule has 2 N–H and O–H groups in total. The predicted molar refractivity (Wildman–Crippen MR) is 35.9 cm³/mol. The van der Waals surface area contributed by atoms with E-state index in [0.29, 0.717) is 5.82 Å². The van der Waals surface area contributed by atoms with Crippen molar-refractivity contribution in [3.05, 3.63) is 17.3 Å². The van der Waals surface area contributed by atoms with Crippen LogP contribution in [0.3, 0.4) is 0 Å². The third-order valence-electron chi connectivity index (χ3n) is 1.39. The van der Waals surface area contributed by atoms with E-state index in [2.05, 4.69) is 10.2 Å². The molecule has 0 amide bonds. The minimum atomic E-state index is 0.523. The number of nitrogens with two attached hydrogens (primary N) is 1. The van der Waals surface area contributed by atoms with Crippen LogP contribution in [0.1, 0.15) is 11.1 Å². The number of aromatic nitrogens is 2. The highest BCUT2D eigenvalue weighted by Crippen LogP contribution is 2.07. The molecule has 48 valence electrons. The molecule has 0 fully saturated rings. The van der Waals surface area contributed by atoms with Gasteiger partial charge in [-0.1, -0.05) is 0 Å². The lowest BCUT2D eigenvalue weighted by atomic mass is 10.2. The Morgan fingerprint density at radius 1 is 1.44 bits per heavy atom. The van der Waals surface area contributed by atoms with Crippen LogP contribution in [0, 0.1) is 13.8 Å². The van der Waals surface area contributed by atoms with E-state index in [1.165, 1.54) is 0 Å². The first kappa shape index (κ1) is 6.01. The summed E-state index contributed by atoms with van der Waals surface area (Å²) in [4.78, 5) is 0. The van der Waals surface area contributed by atoms with Crippen molar-refractivity contribution in [1.29, 1.82) is 0 Å². The maximum atomic E-state index is 5.45. The molecule has 1 rings (SSSR count). The summed E-state index contributed by atoms with van der Waals surface area (Å²) in [6.07, 6.45) is 1.70. The highest BCUT2D eigenvalue weighted by molar-refractivity contribution is 5.40. The molecular formula is C6H9N3. The van der Waals surface area contributed by atoms with Gasteiger partial charge in [0.05, 0.1) is 6.20 Å².